The number of nitrogens with one attached hydrogen (secondary N) is 1. The predicted molar refractivity (Wildman–Crippen MR) is 80.0 cm³/mol. The Morgan fingerprint density at radius 3 is 2.58 bits per heavy atom. The van der Waals surface area contributed by atoms with Gasteiger partial charge in [0, 0.05) is 16.1 Å². The Balaban J connectivity index is 1.61. The molecule has 1 aromatic carbocycles. The molecule has 2 fully saturated rings. The number of hydrogen-bond acceptors (Lipinski definition) is 1. The maximum atomic E-state index is 12.2. The van der Waals surface area contributed by atoms with Crippen molar-refractivity contribution in [3.05, 3.63) is 34.3 Å². The third-order valence-corrected chi connectivity index (χ3v) is 5.43. The van der Waals surface area contributed by atoms with Crippen LogP contribution in [0.2, 0.25) is 0 Å². The second-order valence-electron chi connectivity index (χ2n) is 6.11. The van der Waals surface area contributed by atoms with E-state index in [-0.39, 0.29) is 5.91 Å². The second kappa shape index (κ2) is 5.28. The Kier molecular flexibility index (Phi) is 3.66. The second-order valence-corrected chi connectivity index (χ2v) is 7.02. The summed E-state index contributed by atoms with van der Waals surface area (Å²) >= 11 is 3.39. The van der Waals surface area contributed by atoms with E-state index in [4.69, 9.17) is 0 Å². The third-order valence-electron chi connectivity index (χ3n) is 4.90. The zero-order valence-electron chi connectivity index (χ0n) is 11.2. The smallest absolute Gasteiger partial charge is 0.251 e. The van der Waals surface area contributed by atoms with Crippen molar-refractivity contribution in [2.45, 2.75) is 38.6 Å². The highest BCUT2D eigenvalue weighted by molar-refractivity contribution is 9.10. The molecule has 3 heteroatoms. The average Bonchev–Trinajstić information content (AvgIpc) is 3.01. The number of carbonyl (C=O) groups excluding carboxylic acids is 1. The van der Waals surface area contributed by atoms with Gasteiger partial charge in [-0.05, 0) is 68.2 Å². The van der Waals surface area contributed by atoms with Gasteiger partial charge in [-0.25, -0.2) is 0 Å². The zero-order chi connectivity index (χ0) is 13.4. The van der Waals surface area contributed by atoms with E-state index in [0.29, 0.717) is 12.0 Å². The van der Waals surface area contributed by atoms with Gasteiger partial charge in [0.15, 0.2) is 0 Å². The van der Waals surface area contributed by atoms with E-state index < -0.39 is 0 Å². The molecule has 0 spiro atoms. The molecule has 2 aliphatic rings. The van der Waals surface area contributed by atoms with E-state index in [2.05, 4.69) is 28.2 Å². The number of amides is 1. The quantitative estimate of drug-likeness (QED) is 0.895. The Bertz CT molecular complexity index is 470. The van der Waals surface area contributed by atoms with Crippen molar-refractivity contribution in [3.8, 4) is 0 Å². The number of carbonyl (C=O) groups is 1. The highest BCUT2D eigenvalue weighted by Gasteiger charge is 2.42. The van der Waals surface area contributed by atoms with Gasteiger partial charge >= 0.3 is 0 Å². The van der Waals surface area contributed by atoms with E-state index in [1.165, 1.54) is 25.7 Å². The van der Waals surface area contributed by atoms with Gasteiger partial charge in [-0.15, -0.1) is 0 Å². The first-order chi connectivity index (χ1) is 9.13. The Labute approximate surface area is 123 Å². The van der Waals surface area contributed by atoms with E-state index in [9.17, 15) is 4.79 Å². The standard InChI is InChI=1S/C16H20BrNO/c1-10(15-9-11-2-3-13(15)8-11)18-16(19)12-4-6-14(17)7-5-12/h4-7,10-11,13,15H,2-3,8-9H2,1H3,(H,18,19)/t10-,11-,13-,15+/m0/s1. The monoisotopic (exact) mass is 321 g/mol. The van der Waals surface area contributed by atoms with Gasteiger partial charge < -0.3 is 5.32 Å². The average molecular weight is 322 g/mol. The Morgan fingerprint density at radius 2 is 2.00 bits per heavy atom. The molecular weight excluding hydrogens is 302 g/mol. The van der Waals surface area contributed by atoms with Crippen LogP contribution in [-0.4, -0.2) is 11.9 Å². The number of hydrogen-bond donors (Lipinski definition) is 1. The lowest BCUT2D eigenvalue weighted by Crippen LogP contribution is -2.40. The minimum atomic E-state index is 0.0581. The molecule has 0 unspecified atom stereocenters. The summed E-state index contributed by atoms with van der Waals surface area (Å²) in [5.74, 6) is 2.54. The molecule has 0 radical (unpaired) electrons. The van der Waals surface area contributed by atoms with Crippen LogP contribution in [0.5, 0.6) is 0 Å². The van der Waals surface area contributed by atoms with Crippen molar-refractivity contribution in [3.63, 3.8) is 0 Å². The van der Waals surface area contributed by atoms with Gasteiger partial charge in [0.05, 0.1) is 0 Å². The van der Waals surface area contributed by atoms with Crippen LogP contribution in [0.25, 0.3) is 0 Å². The summed E-state index contributed by atoms with van der Waals surface area (Å²) < 4.78 is 1.00. The van der Waals surface area contributed by atoms with Crippen molar-refractivity contribution in [1.82, 2.24) is 5.32 Å². The molecular formula is C16H20BrNO. The fourth-order valence-electron chi connectivity index (χ4n) is 3.90. The largest absolute Gasteiger partial charge is 0.349 e. The number of rotatable bonds is 3. The van der Waals surface area contributed by atoms with Gasteiger partial charge in [-0.1, -0.05) is 22.4 Å². The van der Waals surface area contributed by atoms with Gasteiger partial charge in [-0.2, -0.15) is 0 Å². The van der Waals surface area contributed by atoms with Crippen LogP contribution in [0.4, 0.5) is 0 Å². The summed E-state index contributed by atoms with van der Waals surface area (Å²) in [5.41, 5.74) is 0.748. The lowest BCUT2D eigenvalue weighted by Gasteiger charge is -2.28. The van der Waals surface area contributed by atoms with E-state index in [1.807, 2.05) is 24.3 Å². The fraction of sp³-hybridized carbons (Fsp3) is 0.562. The lowest BCUT2D eigenvalue weighted by atomic mass is 9.84. The summed E-state index contributed by atoms with van der Waals surface area (Å²) in [5, 5.41) is 3.19. The van der Waals surface area contributed by atoms with Gasteiger partial charge in [0.25, 0.3) is 5.91 Å². The van der Waals surface area contributed by atoms with Gasteiger partial charge in [-0.3, -0.25) is 4.79 Å². The zero-order valence-corrected chi connectivity index (χ0v) is 12.8. The maximum absolute atomic E-state index is 12.2. The minimum absolute atomic E-state index is 0.0581. The molecule has 0 saturated heterocycles. The maximum Gasteiger partial charge on any atom is 0.251 e. The van der Waals surface area contributed by atoms with Crippen LogP contribution in [-0.2, 0) is 0 Å². The van der Waals surface area contributed by atoms with Crippen LogP contribution in [0.15, 0.2) is 28.7 Å². The summed E-state index contributed by atoms with van der Waals surface area (Å²) in [4.78, 5) is 12.2. The summed E-state index contributed by atoms with van der Waals surface area (Å²) in [7, 11) is 0. The highest BCUT2D eigenvalue weighted by Crippen LogP contribution is 2.49. The molecule has 0 aromatic heterocycles. The van der Waals surface area contributed by atoms with Crippen molar-refractivity contribution < 1.29 is 4.79 Å². The van der Waals surface area contributed by atoms with E-state index in [1.54, 1.807) is 0 Å². The van der Waals surface area contributed by atoms with Crippen molar-refractivity contribution in [1.29, 1.82) is 0 Å². The van der Waals surface area contributed by atoms with Crippen LogP contribution in [0.1, 0.15) is 43.0 Å². The molecule has 4 atom stereocenters. The minimum Gasteiger partial charge on any atom is -0.349 e. The molecule has 1 amide bonds. The van der Waals surface area contributed by atoms with Gasteiger partial charge in [0.1, 0.15) is 0 Å². The molecule has 1 aromatic rings. The van der Waals surface area contributed by atoms with E-state index in [0.717, 1.165) is 21.9 Å². The molecule has 102 valence electrons. The van der Waals surface area contributed by atoms with Crippen LogP contribution < -0.4 is 5.32 Å². The molecule has 0 aliphatic heterocycles. The third kappa shape index (κ3) is 2.71. The van der Waals surface area contributed by atoms with Crippen LogP contribution >= 0.6 is 15.9 Å². The van der Waals surface area contributed by atoms with Crippen molar-refractivity contribution >= 4 is 21.8 Å². The van der Waals surface area contributed by atoms with Gasteiger partial charge in [0.2, 0.25) is 0 Å². The van der Waals surface area contributed by atoms with Crippen molar-refractivity contribution in [2.75, 3.05) is 0 Å². The number of fused-ring (bicyclic) bond motifs is 2. The normalized spacial score (nSPS) is 30.3. The van der Waals surface area contributed by atoms with Crippen LogP contribution in [0.3, 0.4) is 0 Å². The SMILES string of the molecule is C[C@H](NC(=O)c1ccc(Br)cc1)[C@H]1C[C@H]2CC[C@H]1C2. The molecule has 19 heavy (non-hydrogen) atoms. The molecule has 2 bridgehead atoms. The number of benzene rings is 1. The summed E-state index contributed by atoms with van der Waals surface area (Å²) in [6.45, 7) is 2.17. The topological polar surface area (TPSA) is 29.1 Å². The molecule has 3 rings (SSSR count). The Hall–Kier alpha value is -0.830. The van der Waals surface area contributed by atoms with Crippen LogP contribution in [0, 0.1) is 17.8 Å². The molecule has 1 N–H and O–H groups in total. The molecule has 2 nitrogen and oxygen atoms in total. The number of halogens is 1. The Morgan fingerprint density at radius 1 is 1.26 bits per heavy atom. The summed E-state index contributed by atoms with van der Waals surface area (Å²) in [6.07, 6.45) is 5.48. The fourth-order valence-corrected chi connectivity index (χ4v) is 4.17. The molecule has 2 aliphatic carbocycles. The van der Waals surface area contributed by atoms with E-state index >= 15 is 0 Å². The first-order valence-corrected chi connectivity index (χ1v) is 7.99. The molecule has 0 heterocycles. The summed E-state index contributed by atoms with van der Waals surface area (Å²) in [6, 6.07) is 7.86. The van der Waals surface area contributed by atoms with Crippen molar-refractivity contribution in [2.24, 2.45) is 17.8 Å². The predicted octanol–water partition coefficient (Wildman–Crippen LogP) is 4.00. The lowest BCUT2D eigenvalue weighted by molar-refractivity contribution is 0.0915. The molecule has 2 saturated carbocycles. The highest BCUT2D eigenvalue weighted by atomic mass is 79.9. The first-order valence-electron chi connectivity index (χ1n) is 7.20. The first kappa shape index (κ1) is 13.2.